The van der Waals surface area contributed by atoms with Crippen molar-refractivity contribution in [3.8, 4) is 5.75 Å². The molecule has 0 amide bonds. The van der Waals surface area contributed by atoms with Crippen molar-refractivity contribution in [3.05, 3.63) is 29.8 Å². The summed E-state index contributed by atoms with van der Waals surface area (Å²) in [4.78, 5) is 12.9. The third kappa shape index (κ3) is 2.87. The quantitative estimate of drug-likeness (QED) is 0.572. The number of ether oxygens (including phenoxy) is 1. The fraction of sp³-hybridized carbons (Fsp3) is 0.364. The SMILES string of the molecule is COc1ccccc1C(F)(F)CCN=C=O. The molecule has 0 aliphatic carbocycles. The first-order valence-corrected chi connectivity index (χ1v) is 4.67. The van der Waals surface area contributed by atoms with Crippen molar-refractivity contribution in [2.24, 2.45) is 4.99 Å². The monoisotopic (exact) mass is 227 g/mol. The molecule has 0 unspecified atom stereocenters. The molecule has 0 fully saturated rings. The average Bonchev–Trinajstić information content (AvgIpc) is 2.29. The third-order valence-corrected chi connectivity index (χ3v) is 2.10. The Kier molecular flexibility index (Phi) is 4.14. The van der Waals surface area contributed by atoms with Crippen molar-refractivity contribution in [1.82, 2.24) is 0 Å². The van der Waals surface area contributed by atoms with Gasteiger partial charge in [-0.05, 0) is 12.1 Å². The molecule has 0 radical (unpaired) electrons. The molecule has 86 valence electrons. The Hall–Kier alpha value is -1.74. The molecule has 0 bridgehead atoms. The number of benzene rings is 1. The number of hydrogen-bond donors (Lipinski definition) is 0. The van der Waals surface area contributed by atoms with Crippen LogP contribution in [0.5, 0.6) is 5.75 Å². The van der Waals surface area contributed by atoms with Crippen molar-refractivity contribution in [2.45, 2.75) is 12.3 Å². The molecule has 0 aromatic heterocycles. The predicted octanol–water partition coefficient (Wildman–Crippen LogP) is 2.51. The average molecular weight is 227 g/mol. The zero-order valence-corrected chi connectivity index (χ0v) is 8.74. The molecule has 1 aromatic rings. The second-order valence-electron chi connectivity index (χ2n) is 3.13. The van der Waals surface area contributed by atoms with Crippen LogP contribution >= 0.6 is 0 Å². The van der Waals surface area contributed by atoms with E-state index in [9.17, 15) is 13.6 Å². The molecule has 0 spiro atoms. The molecule has 0 heterocycles. The first kappa shape index (κ1) is 12.3. The predicted molar refractivity (Wildman–Crippen MR) is 54.5 cm³/mol. The Bertz CT molecular complexity index is 401. The first-order valence-electron chi connectivity index (χ1n) is 4.67. The van der Waals surface area contributed by atoms with Crippen LogP contribution in [0, 0.1) is 0 Å². The minimum Gasteiger partial charge on any atom is -0.496 e. The Morgan fingerprint density at radius 2 is 2.12 bits per heavy atom. The summed E-state index contributed by atoms with van der Waals surface area (Å²) in [6, 6.07) is 5.88. The van der Waals surface area contributed by atoms with Crippen molar-refractivity contribution in [3.63, 3.8) is 0 Å². The van der Waals surface area contributed by atoms with Gasteiger partial charge in [0, 0.05) is 6.42 Å². The number of aliphatic imine (C=N–C) groups is 1. The Balaban J connectivity index is 2.91. The number of alkyl halides is 2. The summed E-state index contributed by atoms with van der Waals surface area (Å²) in [5, 5.41) is 0. The number of halogens is 2. The molecule has 0 saturated carbocycles. The van der Waals surface area contributed by atoms with Gasteiger partial charge in [0.05, 0.1) is 19.2 Å². The summed E-state index contributed by atoms with van der Waals surface area (Å²) in [5.41, 5.74) is -0.196. The number of nitrogens with zero attached hydrogens (tertiary/aromatic N) is 1. The largest absolute Gasteiger partial charge is 0.496 e. The summed E-state index contributed by atoms with van der Waals surface area (Å²) >= 11 is 0. The van der Waals surface area contributed by atoms with Crippen LogP contribution in [-0.4, -0.2) is 19.7 Å². The van der Waals surface area contributed by atoms with E-state index >= 15 is 0 Å². The van der Waals surface area contributed by atoms with Gasteiger partial charge in [0.2, 0.25) is 6.08 Å². The van der Waals surface area contributed by atoms with Crippen LogP contribution in [-0.2, 0) is 10.7 Å². The molecule has 0 saturated heterocycles. The first-order chi connectivity index (χ1) is 7.61. The maximum atomic E-state index is 13.7. The lowest BCUT2D eigenvalue weighted by atomic mass is 10.0. The summed E-state index contributed by atoms with van der Waals surface area (Å²) in [5.74, 6) is -2.94. The van der Waals surface area contributed by atoms with Gasteiger partial charge in [-0.15, -0.1) is 0 Å². The topological polar surface area (TPSA) is 38.7 Å². The summed E-state index contributed by atoms with van der Waals surface area (Å²) in [6.45, 7) is -0.255. The maximum Gasteiger partial charge on any atom is 0.278 e. The summed E-state index contributed by atoms with van der Waals surface area (Å²) in [6.07, 6.45) is 0.692. The van der Waals surface area contributed by atoms with Gasteiger partial charge in [-0.25, -0.2) is 18.6 Å². The van der Waals surface area contributed by atoms with Gasteiger partial charge in [0.1, 0.15) is 5.75 Å². The van der Waals surface area contributed by atoms with E-state index in [2.05, 4.69) is 4.99 Å². The van der Waals surface area contributed by atoms with Gasteiger partial charge >= 0.3 is 0 Å². The second-order valence-corrected chi connectivity index (χ2v) is 3.13. The smallest absolute Gasteiger partial charge is 0.278 e. The van der Waals surface area contributed by atoms with E-state index in [0.717, 1.165) is 0 Å². The van der Waals surface area contributed by atoms with Crippen molar-refractivity contribution >= 4 is 6.08 Å². The number of rotatable bonds is 5. The lowest BCUT2D eigenvalue weighted by Crippen LogP contribution is -2.16. The van der Waals surface area contributed by atoms with Crippen LogP contribution in [0.3, 0.4) is 0 Å². The molecule has 0 N–H and O–H groups in total. The molecule has 3 nitrogen and oxygen atoms in total. The van der Waals surface area contributed by atoms with Crippen LogP contribution in [0.25, 0.3) is 0 Å². The van der Waals surface area contributed by atoms with Gasteiger partial charge in [-0.3, -0.25) is 0 Å². The molecule has 0 atom stereocenters. The highest BCUT2D eigenvalue weighted by molar-refractivity contribution is 5.37. The van der Waals surface area contributed by atoms with Crippen molar-refractivity contribution in [2.75, 3.05) is 13.7 Å². The molecular weight excluding hydrogens is 216 g/mol. The van der Waals surface area contributed by atoms with Crippen molar-refractivity contribution in [1.29, 1.82) is 0 Å². The fourth-order valence-corrected chi connectivity index (χ4v) is 1.32. The minimum absolute atomic E-state index is 0.127. The van der Waals surface area contributed by atoms with Crippen LogP contribution in [0.1, 0.15) is 12.0 Å². The standard InChI is InChI=1S/C11H11F2NO2/c1-16-10-5-3-2-4-9(10)11(12,13)6-7-14-8-15/h2-5H,6-7H2,1H3. The van der Waals surface area contributed by atoms with E-state index < -0.39 is 12.3 Å². The number of para-hydroxylation sites is 1. The number of hydrogen-bond acceptors (Lipinski definition) is 3. The summed E-state index contributed by atoms with van der Waals surface area (Å²) < 4.78 is 32.2. The van der Waals surface area contributed by atoms with Gasteiger partial charge in [-0.2, -0.15) is 0 Å². The zero-order chi connectivity index (χ0) is 12.0. The molecule has 5 heteroatoms. The van der Waals surface area contributed by atoms with E-state index in [-0.39, 0.29) is 17.9 Å². The van der Waals surface area contributed by atoms with E-state index in [1.807, 2.05) is 0 Å². The van der Waals surface area contributed by atoms with Gasteiger partial charge in [-0.1, -0.05) is 12.1 Å². The fourth-order valence-electron chi connectivity index (χ4n) is 1.32. The summed E-state index contributed by atoms with van der Waals surface area (Å²) in [7, 11) is 1.33. The molecular formula is C11H11F2NO2. The molecule has 16 heavy (non-hydrogen) atoms. The highest BCUT2D eigenvalue weighted by atomic mass is 19.3. The molecule has 0 aliphatic heterocycles. The van der Waals surface area contributed by atoms with E-state index in [0.29, 0.717) is 0 Å². The Morgan fingerprint density at radius 1 is 1.44 bits per heavy atom. The second kappa shape index (κ2) is 5.37. The molecule has 1 rings (SSSR count). The number of isocyanates is 1. The highest BCUT2D eigenvalue weighted by Crippen LogP contribution is 2.37. The third-order valence-electron chi connectivity index (χ3n) is 2.10. The molecule has 1 aromatic carbocycles. The van der Waals surface area contributed by atoms with Gasteiger partial charge in [0.15, 0.2) is 0 Å². The molecule has 0 aliphatic rings. The highest BCUT2D eigenvalue weighted by Gasteiger charge is 2.33. The maximum absolute atomic E-state index is 13.7. The van der Waals surface area contributed by atoms with Gasteiger partial charge in [0.25, 0.3) is 5.92 Å². The number of methoxy groups -OCH3 is 1. The van der Waals surface area contributed by atoms with Crippen LogP contribution < -0.4 is 4.74 Å². The Morgan fingerprint density at radius 3 is 2.75 bits per heavy atom. The normalized spacial score (nSPS) is 10.7. The van der Waals surface area contributed by atoms with E-state index in [1.165, 1.54) is 31.4 Å². The van der Waals surface area contributed by atoms with E-state index in [1.54, 1.807) is 6.07 Å². The lowest BCUT2D eigenvalue weighted by Gasteiger charge is -2.18. The Labute approximate surface area is 91.8 Å². The van der Waals surface area contributed by atoms with Gasteiger partial charge < -0.3 is 4.74 Å². The minimum atomic E-state index is -3.06. The zero-order valence-electron chi connectivity index (χ0n) is 8.74. The lowest BCUT2D eigenvalue weighted by molar-refractivity contribution is -0.0126. The van der Waals surface area contributed by atoms with Crippen LogP contribution in [0.15, 0.2) is 29.3 Å². The number of carbonyl (C=O) groups excluding carboxylic acids is 1. The van der Waals surface area contributed by atoms with Crippen molar-refractivity contribution < 1.29 is 18.3 Å². The van der Waals surface area contributed by atoms with Crippen LogP contribution in [0.4, 0.5) is 8.78 Å². The van der Waals surface area contributed by atoms with E-state index in [4.69, 9.17) is 4.74 Å². The van der Waals surface area contributed by atoms with Crippen LogP contribution in [0.2, 0.25) is 0 Å².